The Labute approximate surface area is 154 Å². The molecule has 0 N–H and O–H groups in total. The van der Waals surface area contributed by atoms with Crippen molar-refractivity contribution in [1.82, 2.24) is 5.16 Å². The monoisotopic (exact) mass is 345 g/mol. The fraction of sp³-hybridized carbons (Fsp3) is 0.304. The zero-order chi connectivity index (χ0) is 18.1. The maximum absolute atomic E-state index is 13.3. The lowest BCUT2D eigenvalue weighted by Crippen LogP contribution is -2.10. The number of benzene rings is 2. The van der Waals surface area contributed by atoms with Gasteiger partial charge in [-0.25, -0.2) is 0 Å². The Morgan fingerprint density at radius 3 is 2.58 bits per heavy atom. The summed E-state index contributed by atoms with van der Waals surface area (Å²) in [7, 11) is 0. The lowest BCUT2D eigenvalue weighted by atomic mass is 9.88. The lowest BCUT2D eigenvalue weighted by Gasteiger charge is -2.15. The van der Waals surface area contributed by atoms with Crippen LogP contribution in [0, 0.1) is 6.92 Å². The fourth-order valence-electron chi connectivity index (χ4n) is 3.63. The van der Waals surface area contributed by atoms with Crippen LogP contribution in [-0.2, 0) is 12.8 Å². The minimum atomic E-state index is 0.0323. The van der Waals surface area contributed by atoms with Crippen LogP contribution in [0.5, 0.6) is 0 Å². The number of nitrogens with zero attached hydrogens (tertiary/aromatic N) is 1. The van der Waals surface area contributed by atoms with Crippen molar-refractivity contribution >= 4 is 5.78 Å². The first kappa shape index (κ1) is 16.8. The first-order valence-corrected chi connectivity index (χ1v) is 9.33. The summed E-state index contributed by atoms with van der Waals surface area (Å²) < 4.78 is 5.39. The minimum Gasteiger partial charge on any atom is -0.360 e. The van der Waals surface area contributed by atoms with E-state index in [9.17, 15) is 4.79 Å². The molecule has 0 unspecified atom stereocenters. The van der Waals surface area contributed by atoms with Gasteiger partial charge in [0.15, 0.2) is 11.5 Å². The molecule has 0 bridgehead atoms. The van der Waals surface area contributed by atoms with Crippen LogP contribution in [0.1, 0.15) is 69.6 Å². The molecule has 0 radical (unpaired) electrons. The van der Waals surface area contributed by atoms with Gasteiger partial charge in [0.05, 0.1) is 11.8 Å². The number of hydrogen-bond donors (Lipinski definition) is 0. The van der Waals surface area contributed by atoms with Crippen LogP contribution in [0.15, 0.2) is 53.2 Å². The SMILES string of the molecule is CCc1ccc(C(=O)c2cnoc2C2CC2)c(Cc2ccccc2)c1C. The largest absolute Gasteiger partial charge is 0.360 e. The number of ketones is 1. The van der Waals surface area contributed by atoms with Gasteiger partial charge in [0, 0.05) is 11.5 Å². The predicted octanol–water partition coefficient (Wildman–Crippen LogP) is 5.24. The first-order chi connectivity index (χ1) is 12.7. The molecule has 3 aromatic rings. The molecule has 0 amide bonds. The molecular formula is C23H23NO2. The highest BCUT2D eigenvalue weighted by molar-refractivity contribution is 6.10. The van der Waals surface area contributed by atoms with Gasteiger partial charge in [-0.2, -0.15) is 0 Å². The molecule has 0 atom stereocenters. The van der Waals surface area contributed by atoms with E-state index in [2.05, 4.69) is 37.2 Å². The van der Waals surface area contributed by atoms with Gasteiger partial charge in [-0.1, -0.05) is 54.5 Å². The van der Waals surface area contributed by atoms with Crippen molar-refractivity contribution < 1.29 is 9.32 Å². The van der Waals surface area contributed by atoms with Gasteiger partial charge in [0.2, 0.25) is 0 Å². The molecule has 132 valence electrons. The predicted molar refractivity (Wildman–Crippen MR) is 102 cm³/mol. The van der Waals surface area contributed by atoms with E-state index in [0.29, 0.717) is 11.5 Å². The molecule has 1 aliphatic rings. The second-order valence-corrected chi connectivity index (χ2v) is 7.10. The van der Waals surface area contributed by atoms with E-state index in [-0.39, 0.29) is 5.78 Å². The van der Waals surface area contributed by atoms with Gasteiger partial charge < -0.3 is 4.52 Å². The van der Waals surface area contributed by atoms with E-state index in [0.717, 1.165) is 42.6 Å². The van der Waals surface area contributed by atoms with Crippen LogP contribution in [-0.4, -0.2) is 10.9 Å². The molecule has 1 heterocycles. The molecule has 0 saturated heterocycles. The van der Waals surface area contributed by atoms with Crippen LogP contribution in [0.25, 0.3) is 0 Å². The summed E-state index contributed by atoms with van der Waals surface area (Å²) in [5.41, 5.74) is 6.24. The zero-order valence-electron chi connectivity index (χ0n) is 15.3. The molecule has 2 aromatic carbocycles. The van der Waals surface area contributed by atoms with E-state index in [1.54, 1.807) is 6.20 Å². The van der Waals surface area contributed by atoms with Crippen molar-refractivity contribution in [3.63, 3.8) is 0 Å². The molecule has 4 rings (SSSR count). The maximum atomic E-state index is 13.3. The van der Waals surface area contributed by atoms with Crippen LogP contribution in [0.4, 0.5) is 0 Å². The zero-order valence-corrected chi connectivity index (χ0v) is 15.3. The standard InChI is InChI=1S/C23H23NO2/c1-3-17-11-12-19(20(15(17)2)13-16-7-5-4-6-8-16)22(25)21-14-24-26-23(21)18-9-10-18/h4-8,11-12,14,18H,3,9-10,13H2,1-2H3. The van der Waals surface area contributed by atoms with Crippen molar-refractivity contribution in [2.24, 2.45) is 0 Å². The third kappa shape index (κ3) is 3.10. The minimum absolute atomic E-state index is 0.0323. The summed E-state index contributed by atoms with van der Waals surface area (Å²) >= 11 is 0. The molecule has 0 aliphatic heterocycles. The summed E-state index contributed by atoms with van der Waals surface area (Å²) in [5.74, 6) is 1.16. The topological polar surface area (TPSA) is 43.1 Å². The van der Waals surface area contributed by atoms with Crippen molar-refractivity contribution in [1.29, 1.82) is 0 Å². The Hall–Kier alpha value is -2.68. The quantitative estimate of drug-likeness (QED) is 0.573. The molecule has 26 heavy (non-hydrogen) atoms. The Morgan fingerprint density at radius 1 is 1.12 bits per heavy atom. The summed E-state index contributed by atoms with van der Waals surface area (Å²) in [6.45, 7) is 4.28. The second kappa shape index (κ2) is 6.91. The van der Waals surface area contributed by atoms with Crippen LogP contribution < -0.4 is 0 Å². The molecule has 1 aliphatic carbocycles. The average molecular weight is 345 g/mol. The molecule has 0 spiro atoms. The summed E-state index contributed by atoms with van der Waals surface area (Å²) in [6, 6.07) is 14.4. The number of carbonyl (C=O) groups is 1. The van der Waals surface area contributed by atoms with E-state index in [1.165, 1.54) is 16.7 Å². The van der Waals surface area contributed by atoms with Crippen molar-refractivity contribution in [3.8, 4) is 0 Å². The molecular weight excluding hydrogens is 322 g/mol. The number of rotatable bonds is 6. The van der Waals surface area contributed by atoms with E-state index >= 15 is 0 Å². The lowest BCUT2D eigenvalue weighted by molar-refractivity contribution is 0.103. The molecule has 1 saturated carbocycles. The number of aromatic nitrogens is 1. The first-order valence-electron chi connectivity index (χ1n) is 9.33. The van der Waals surface area contributed by atoms with Gasteiger partial charge in [-0.05, 0) is 54.9 Å². The highest BCUT2D eigenvalue weighted by Crippen LogP contribution is 2.42. The highest BCUT2D eigenvalue weighted by Gasteiger charge is 2.33. The molecule has 1 fully saturated rings. The van der Waals surface area contributed by atoms with Gasteiger partial charge in [-0.3, -0.25) is 4.79 Å². The smallest absolute Gasteiger partial charge is 0.198 e. The maximum Gasteiger partial charge on any atom is 0.198 e. The van der Waals surface area contributed by atoms with Crippen LogP contribution >= 0.6 is 0 Å². The Morgan fingerprint density at radius 2 is 1.88 bits per heavy atom. The Kier molecular flexibility index (Phi) is 4.46. The fourth-order valence-corrected chi connectivity index (χ4v) is 3.63. The summed E-state index contributed by atoms with van der Waals surface area (Å²) in [6.07, 6.45) is 5.47. The van der Waals surface area contributed by atoms with E-state index in [4.69, 9.17) is 4.52 Å². The Bertz CT molecular complexity index is 936. The van der Waals surface area contributed by atoms with E-state index in [1.807, 2.05) is 24.3 Å². The Balaban J connectivity index is 1.78. The molecule has 3 nitrogen and oxygen atoms in total. The molecule has 1 aromatic heterocycles. The van der Waals surface area contributed by atoms with Crippen LogP contribution in [0.2, 0.25) is 0 Å². The summed E-state index contributed by atoms with van der Waals surface area (Å²) in [5, 5.41) is 3.90. The molecule has 3 heteroatoms. The number of hydrogen-bond acceptors (Lipinski definition) is 3. The normalized spacial score (nSPS) is 13.8. The van der Waals surface area contributed by atoms with E-state index < -0.39 is 0 Å². The van der Waals surface area contributed by atoms with Gasteiger partial charge in [-0.15, -0.1) is 0 Å². The van der Waals surface area contributed by atoms with Crippen molar-refractivity contribution in [2.45, 2.75) is 45.4 Å². The third-order valence-corrected chi connectivity index (χ3v) is 5.35. The van der Waals surface area contributed by atoms with Gasteiger partial charge in [0.25, 0.3) is 0 Å². The van der Waals surface area contributed by atoms with Crippen LogP contribution in [0.3, 0.4) is 0 Å². The average Bonchev–Trinajstić information content (AvgIpc) is 3.40. The summed E-state index contributed by atoms with van der Waals surface area (Å²) in [4.78, 5) is 13.3. The van der Waals surface area contributed by atoms with Gasteiger partial charge in [0.1, 0.15) is 0 Å². The number of aryl methyl sites for hydroxylation is 1. The van der Waals surface area contributed by atoms with Gasteiger partial charge >= 0.3 is 0 Å². The van der Waals surface area contributed by atoms with Crippen molar-refractivity contribution in [3.05, 3.63) is 87.8 Å². The highest BCUT2D eigenvalue weighted by atomic mass is 16.5. The number of carbonyl (C=O) groups excluding carboxylic acids is 1. The third-order valence-electron chi connectivity index (χ3n) is 5.35. The second-order valence-electron chi connectivity index (χ2n) is 7.10. The van der Waals surface area contributed by atoms with Crippen molar-refractivity contribution in [2.75, 3.05) is 0 Å².